The number of hydrogen-bond acceptors (Lipinski definition) is 7. The first-order valence-electron chi connectivity index (χ1n) is 10.1. The topological polar surface area (TPSA) is 122 Å². The maximum absolute atomic E-state index is 13.4. The van der Waals surface area contributed by atoms with Gasteiger partial charge >= 0.3 is 5.69 Å². The molecule has 0 unspecified atom stereocenters. The van der Waals surface area contributed by atoms with Gasteiger partial charge in [-0.2, -0.15) is 0 Å². The van der Waals surface area contributed by atoms with Crippen molar-refractivity contribution in [2.75, 3.05) is 11.5 Å². The molecule has 9 nitrogen and oxygen atoms in total. The first-order valence-corrected chi connectivity index (χ1v) is 11.5. The van der Waals surface area contributed by atoms with Crippen LogP contribution in [-0.2, 0) is 14.1 Å². The van der Waals surface area contributed by atoms with E-state index >= 15 is 0 Å². The zero-order valence-electron chi connectivity index (χ0n) is 18.5. The molecule has 0 amide bonds. The molecule has 11 heteroatoms. The van der Waals surface area contributed by atoms with Gasteiger partial charge in [-0.15, -0.1) is 0 Å². The molecule has 2 aromatic heterocycles. The van der Waals surface area contributed by atoms with Crippen LogP contribution in [0.25, 0.3) is 16.6 Å². The number of nitrogens with zero attached hydrogens (tertiary/aromatic N) is 4. The number of anilines is 1. The fraction of sp³-hybridized carbons (Fsp3) is 0.174. The lowest BCUT2D eigenvalue weighted by atomic mass is 10.2. The number of halogens is 1. The average Bonchev–Trinajstić information content (AvgIpc) is 2.82. The van der Waals surface area contributed by atoms with Crippen molar-refractivity contribution in [3.8, 4) is 5.69 Å². The van der Waals surface area contributed by atoms with Gasteiger partial charge < -0.3 is 5.73 Å². The molecule has 0 fully saturated rings. The molecule has 2 heterocycles. The number of nitrogens with two attached hydrogens (primary N) is 1. The number of nitrogen functional groups attached to an aromatic ring is 1. The standard InChI is InChI=1S/C23H20ClN5O4S/c1-12-14(24)8-6-10-16(12)29-20(31)13-7-4-5-9-15(13)26-22(29)34-11-17(30)18-19(25)27(2)23(33)28(3)21(18)32/h4-10H,11,25H2,1-3H3. The molecule has 0 radical (unpaired) electrons. The fourth-order valence-electron chi connectivity index (χ4n) is 3.58. The molecule has 2 aromatic carbocycles. The van der Waals surface area contributed by atoms with Crippen LogP contribution in [0.15, 0.2) is 62.0 Å². The van der Waals surface area contributed by atoms with Crippen LogP contribution in [0, 0.1) is 6.92 Å². The Morgan fingerprint density at radius 3 is 2.47 bits per heavy atom. The Balaban J connectivity index is 1.84. The maximum atomic E-state index is 13.4. The Hall–Kier alpha value is -3.63. The minimum Gasteiger partial charge on any atom is -0.384 e. The van der Waals surface area contributed by atoms with Gasteiger partial charge in [0.2, 0.25) is 0 Å². The zero-order valence-corrected chi connectivity index (χ0v) is 20.1. The average molecular weight is 498 g/mol. The normalized spacial score (nSPS) is 11.2. The second-order valence-electron chi connectivity index (χ2n) is 7.61. The smallest absolute Gasteiger partial charge is 0.332 e. The van der Waals surface area contributed by atoms with Crippen molar-refractivity contribution in [3.63, 3.8) is 0 Å². The zero-order chi connectivity index (χ0) is 24.7. The monoisotopic (exact) mass is 497 g/mol. The molecule has 0 aliphatic carbocycles. The minimum atomic E-state index is -0.777. The van der Waals surface area contributed by atoms with E-state index in [1.54, 1.807) is 49.4 Å². The third kappa shape index (κ3) is 3.84. The number of hydrogen-bond donors (Lipinski definition) is 1. The van der Waals surface area contributed by atoms with Gasteiger partial charge in [-0.1, -0.05) is 41.6 Å². The highest BCUT2D eigenvalue weighted by Gasteiger charge is 2.22. The number of carbonyl (C=O) groups is 1. The number of rotatable bonds is 5. The van der Waals surface area contributed by atoms with Crippen LogP contribution in [0.2, 0.25) is 5.02 Å². The van der Waals surface area contributed by atoms with E-state index in [1.165, 1.54) is 18.7 Å². The van der Waals surface area contributed by atoms with E-state index in [2.05, 4.69) is 4.98 Å². The summed E-state index contributed by atoms with van der Waals surface area (Å²) in [6, 6.07) is 12.1. The van der Waals surface area contributed by atoms with E-state index in [9.17, 15) is 19.2 Å². The largest absolute Gasteiger partial charge is 0.384 e. The molecular weight excluding hydrogens is 478 g/mol. The molecule has 2 N–H and O–H groups in total. The second-order valence-corrected chi connectivity index (χ2v) is 8.96. The summed E-state index contributed by atoms with van der Waals surface area (Å²) in [6.45, 7) is 1.79. The number of aromatic nitrogens is 4. The molecular formula is C23H20ClN5O4S. The molecule has 0 aliphatic rings. The molecule has 4 aromatic rings. The minimum absolute atomic E-state index is 0.215. The lowest BCUT2D eigenvalue weighted by Crippen LogP contribution is -2.41. The van der Waals surface area contributed by atoms with Crippen LogP contribution in [0.1, 0.15) is 15.9 Å². The maximum Gasteiger partial charge on any atom is 0.332 e. The van der Waals surface area contributed by atoms with Crippen molar-refractivity contribution in [2.45, 2.75) is 12.1 Å². The molecule has 174 valence electrons. The van der Waals surface area contributed by atoms with Gasteiger partial charge in [0, 0.05) is 19.1 Å². The van der Waals surface area contributed by atoms with Crippen molar-refractivity contribution in [2.24, 2.45) is 14.1 Å². The number of thioether (sulfide) groups is 1. The van der Waals surface area contributed by atoms with E-state index in [0.717, 1.165) is 20.9 Å². The summed E-state index contributed by atoms with van der Waals surface area (Å²) in [6.07, 6.45) is 0. The molecule has 34 heavy (non-hydrogen) atoms. The van der Waals surface area contributed by atoms with Crippen LogP contribution < -0.4 is 22.5 Å². The van der Waals surface area contributed by atoms with E-state index in [1.807, 2.05) is 0 Å². The highest BCUT2D eigenvalue weighted by atomic mass is 35.5. The first-order chi connectivity index (χ1) is 16.1. The fourth-order valence-corrected chi connectivity index (χ4v) is 4.63. The summed E-state index contributed by atoms with van der Waals surface area (Å²) in [4.78, 5) is 55.7. The van der Waals surface area contributed by atoms with Crippen molar-refractivity contribution in [3.05, 3.63) is 89.8 Å². The van der Waals surface area contributed by atoms with E-state index in [4.69, 9.17) is 17.3 Å². The van der Waals surface area contributed by atoms with Crippen LogP contribution >= 0.6 is 23.4 Å². The van der Waals surface area contributed by atoms with Gasteiger partial charge in [0.25, 0.3) is 11.1 Å². The van der Waals surface area contributed by atoms with Crippen LogP contribution in [0.5, 0.6) is 0 Å². The van der Waals surface area contributed by atoms with Crippen LogP contribution in [-0.4, -0.2) is 30.2 Å². The highest BCUT2D eigenvalue weighted by Crippen LogP contribution is 2.27. The van der Waals surface area contributed by atoms with Gasteiger partial charge in [0.15, 0.2) is 10.9 Å². The van der Waals surface area contributed by atoms with Crippen LogP contribution in [0.4, 0.5) is 5.82 Å². The van der Waals surface area contributed by atoms with E-state index < -0.39 is 17.0 Å². The molecule has 0 spiro atoms. The quantitative estimate of drug-likeness (QED) is 0.255. The molecule has 4 rings (SSSR count). The number of Topliss-reactive ketones (excluding diaryl/α,β-unsaturated/α-hetero) is 1. The summed E-state index contributed by atoms with van der Waals surface area (Å²) >= 11 is 7.29. The van der Waals surface area contributed by atoms with Crippen molar-refractivity contribution < 1.29 is 4.79 Å². The second kappa shape index (κ2) is 8.96. The SMILES string of the molecule is Cc1c(Cl)cccc1-n1c(SCC(=O)c2c(N)n(C)c(=O)n(C)c2=O)nc2ccccc2c1=O. The Kier molecular flexibility index (Phi) is 6.20. The molecule has 0 saturated heterocycles. The summed E-state index contributed by atoms with van der Waals surface area (Å²) in [7, 11) is 2.66. The first kappa shape index (κ1) is 23.5. The Morgan fingerprint density at radius 1 is 1.03 bits per heavy atom. The van der Waals surface area contributed by atoms with E-state index in [-0.39, 0.29) is 27.8 Å². The Bertz CT molecular complexity index is 1650. The number of fused-ring (bicyclic) bond motifs is 1. The van der Waals surface area contributed by atoms with Gasteiger partial charge in [0.1, 0.15) is 11.4 Å². The molecule has 0 saturated carbocycles. The summed E-state index contributed by atoms with van der Waals surface area (Å²) < 4.78 is 3.27. The number of ketones is 1. The third-order valence-corrected chi connectivity index (χ3v) is 6.89. The van der Waals surface area contributed by atoms with Crippen molar-refractivity contribution in [1.82, 2.24) is 18.7 Å². The predicted molar refractivity (Wildman–Crippen MR) is 133 cm³/mol. The van der Waals surface area contributed by atoms with Crippen molar-refractivity contribution >= 4 is 45.9 Å². The number of benzene rings is 2. The predicted octanol–water partition coefficient (Wildman–Crippen LogP) is 2.30. The van der Waals surface area contributed by atoms with Gasteiger partial charge in [0.05, 0.1) is 22.3 Å². The van der Waals surface area contributed by atoms with Gasteiger partial charge in [-0.25, -0.2) is 9.78 Å². The molecule has 0 atom stereocenters. The Morgan fingerprint density at radius 2 is 1.74 bits per heavy atom. The van der Waals surface area contributed by atoms with Crippen LogP contribution in [0.3, 0.4) is 0 Å². The van der Waals surface area contributed by atoms with Gasteiger partial charge in [-0.3, -0.25) is 28.1 Å². The molecule has 0 aliphatic heterocycles. The Labute approximate surface area is 202 Å². The van der Waals surface area contributed by atoms with Crippen molar-refractivity contribution in [1.29, 1.82) is 0 Å². The lowest BCUT2D eigenvalue weighted by molar-refractivity contribution is 0.102. The van der Waals surface area contributed by atoms with E-state index in [0.29, 0.717) is 27.2 Å². The lowest BCUT2D eigenvalue weighted by Gasteiger charge is -2.16. The third-order valence-electron chi connectivity index (χ3n) is 5.55. The highest BCUT2D eigenvalue weighted by molar-refractivity contribution is 7.99. The van der Waals surface area contributed by atoms with Gasteiger partial charge in [-0.05, 0) is 36.8 Å². The molecule has 0 bridgehead atoms. The number of carbonyl (C=O) groups excluding carboxylic acids is 1. The summed E-state index contributed by atoms with van der Waals surface area (Å²) in [5.41, 5.74) is 5.58. The summed E-state index contributed by atoms with van der Waals surface area (Å²) in [5, 5.41) is 1.14. The number of para-hydroxylation sites is 1. The summed E-state index contributed by atoms with van der Waals surface area (Å²) in [5.74, 6) is -1.04.